The molecule has 7 nitrogen and oxygen atoms in total. The van der Waals surface area contributed by atoms with Crippen molar-refractivity contribution in [3.8, 4) is 5.69 Å². The summed E-state index contributed by atoms with van der Waals surface area (Å²) in [4.78, 5) is 28.2. The summed E-state index contributed by atoms with van der Waals surface area (Å²) in [5, 5.41) is 7.69. The standard InChI is InChI=1S/C20H24N4O3/c1-3-20(19(26)27-4-2)11-14-9-10-17(20)24(14)18(25)15-7-5-6-8-16(15)23-12-21-22-13-23/h5-8,12-14,17H,3-4,9-11H2,1-2H3/t14-,17+,20+/m1/s1. The Hall–Kier alpha value is -2.70. The van der Waals surface area contributed by atoms with Gasteiger partial charge in [-0.25, -0.2) is 0 Å². The number of carbonyl (C=O) groups excluding carboxylic acids is 2. The Morgan fingerprint density at radius 2 is 1.93 bits per heavy atom. The van der Waals surface area contributed by atoms with Crippen molar-refractivity contribution in [3.63, 3.8) is 0 Å². The maximum absolute atomic E-state index is 13.5. The summed E-state index contributed by atoms with van der Waals surface area (Å²) in [7, 11) is 0. The number of rotatable bonds is 5. The highest BCUT2D eigenvalue weighted by atomic mass is 16.5. The second kappa shape index (κ2) is 6.79. The Kier molecular flexibility index (Phi) is 4.45. The fourth-order valence-corrected chi connectivity index (χ4v) is 4.85. The number of nitrogens with zero attached hydrogens (tertiary/aromatic N) is 4. The number of aromatic nitrogens is 3. The van der Waals surface area contributed by atoms with Gasteiger partial charge in [0.1, 0.15) is 12.7 Å². The number of para-hydroxylation sites is 1. The molecule has 0 unspecified atom stereocenters. The Bertz CT molecular complexity index is 851. The number of amides is 1. The third kappa shape index (κ3) is 2.64. The zero-order valence-electron chi connectivity index (χ0n) is 15.7. The molecule has 0 spiro atoms. The summed E-state index contributed by atoms with van der Waals surface area (Å²) in [6, 6.07) is 7.44. The highest BCUT2D eigenvalue weighted by molar-refractivity contribution is 5.99. The molecule has 0 saturated carbocycles. The Labute approximate surface area is 158 Å². The number of hydrogen-bond donors (Lipinski definition) is 0. The van der Waals surface area contributed by atoms with Gasteiger partial charge in [-0.3, -0.25) is 14.2 Å². The number of esters is 1. The van der Waals surface area contributed by atoms with E-state index in [1.165, 1.54) is 0 Å². The number of ether oxygens (including phenoxy) is 1. The van der Waals surface area contributed by atoms with Gasteiger partial charge in [-0.15, -0.1) is 10.2 Å². The smallest absolute Gasteiger partial charge is 0.314 e. The van der Waals surface area contributed by atoms with Gasteiger partial charge in [-0.2, -0.15) is 0 Å². The number of benzene rings is 1. The number of hydrogen-bond acceptors (Lipinski definition) is 5. The van der Waals surface area contributed by atoms with E-state index in [1.54, 1.807) is 17.2 Å². The minimum absolute atomic E-state index is 0.0357. The van der Waals surface area contributed by atoms with Gasteiger partial charge in [0, 0.05) is 12.1 Å². The van der Waals surface area contributed by atoms with Gasteiger partial charge in [0.2, 0.25) is 0 Å². The first-order chi connectivity index (χ1) is 13.1. The van der Waals surface area contributed by atoms with Crippen molar-refractivity contribution in [2.75, 3.05) is 6.61 Å². The molecule has 2 fully saturated rings. The highest BCUT2D eigenvalue weighted by Gasteiger charge is 2.61. The average molecular weight is 368 g/mol. The van der Waals surface area contributed by atoms with E-state index in [9.17, 15) is 9.59 Å². The predicted molar refractivity (Wildman–Crippen MR) is 98.3 cm³/mol. The van der Waals surface area contributed by atoms with Gasteiger partial charge >= 0.3 is 5.97 Å². The summed E-state index contributed by atoms with van der Waals surface area (Å²) < 4.78 is 7.13. The number of fused-ring (bicyclic) bond motifs is 2. The molecule has 2 bridgehead atoms. The van der Waals surface area contributed by atoms with Crippen LogP contribution in [0.3, 0.4) is 0 Å². The SMILES string of the molecule is CCOC(=O)[C@@]1(CC)C[C@H]2CC[C@@H]1N2C(=O)c1ccccc1-n1cnnc1. The lowest BCUT2D eigenvalue weighted by Crippen LogP contribution is -2.45. The molecule has 1 aromatic carbocycles. The van der Waals surface area contributed by atoms with Crippen molar-refractivity contribution in [1.82, 2.24) is 19.7 Å². The molecule has 0 aliphatic carbocycles. The zero-order valence-corrected chi connectivity index (χ0v) is 15.7. The van der Waals surface area contributed by atoms with E-state index >= 15 is 0 Å². The monoisotopic (exact) mass is 368 g/mol. The first-order valence-corrected chi connectivity index (χ1v) is 9.56. The van der Waals surface area contributed by atoms with E-state index in [1.807, 2.05) is 43.0 Å². The maximum Gasteiger partial charge on any atom is 0.314 e. The third-order valence-corrected chi connectivity index (χ3v) is 6.12. The van der Waals surface area contributed by atoms with E-state index in [-0.39, 0.29) is 24.0 Å². The van der Waals surface area contributed by atoms with E-state index in [2.05, 4.69) is 10.2 Å². The average Bonchev–Trinajstić information content (AvgIpc) is 3.43. The molecule has 2 aromatic rings. The third-order valence-electron chi connectivity index (χ3n) is 6.12. The van der Waals surface area contributed by atoms with Crippen LogP contribution in [0.1, 0.15) is 49.9 Å². The summed E-state index contributed by atoms with van der Waals surface area (Å²) in [5.41, 5.74) is 0.766. The molecule has 27 heavy (non-hydrogen) atoms. The van der Waals surface area contributed by atoms with Crippen LogP contribution in [0.25, 0.3) is 5.69 Å². The fourth-order valence-electron chi connectivity index (χ4n) is 4.85. The summed E-state index contributed by atoms with van der Waals surface area (Å²) in [6.45, 7) is 4.21. The van der Waals surface area contributed by atoms with E-state index < -0.39 is 5.41 Å². The van der Waals surface area contributed by atoms with Crippen molar-refractivity contribution in [1.29, 1.82) is 0 Å². The Balaban J connectivity index is 1.69. The topological polar surface area (TPSA) is 77.3 Å². The van der Waals surface area contributed by atoms with Gasteiger partial charge in [0.15, 0.2) is 0 Å². The first kappa shape index (κ1) is 17.7. The van der Waals surface area contributed by atoms with Crippen LogP contribution in [-0.4, -0.2) is 50.2 Å². The van der Waals surface area contributed by atoms with Crippen molar-refractivity contribution in [2.24, 2.45) is 5.41 Å². The lowest BCUT2D eigenvalue weighted by Gasteiger charge is -2.34. The maximum atomic E-state index is 13.5. The molecule has 4 rings (SSSR count). The second-order valence-electron chi connectivity index (χ2n) is 7.28. The molecule has 3 heterocycles. The van der Waals surface area contributed by atoms with E-state index in [0.29, 0.717) is 25.0 Å². The molecule has 2 aliphatic rings. The molecule has 2 aliphatic heterocycles. The molecule has 3 atom stereocenters. The van der Waals surface area contributed by atoms with Crippen molar-refractivity contribution in [3.05, 3.63) is 42.5 Å². The van der Waals surface area contributed by atoms with Gasteiger partial charge in [0.05, 0.1) is 23.3 Å². The molecule has 0 N–H and O–H groups in total. The summed E-state index contributed by atoms with van der Waals surface area (Å²) >= 11 is 0. The molecule has 0 radical (unpaired) electrons. The Morgan fingerprint density at radius 3 is 2.63 bits per heavy atom. The quantitative estimate of drug-likeness (QED) is 0.758. The molecule has 1 aromatic heterocycles. The van der Waals surface area contributed by atoms with Crippen LogP contribution >= 0.6 is 0 Å². The lowest BCUT2D eigenvalue weighted by molar-refractivity contribution is -0.157. The molecular formula is C20H24N4O3. The molecule has 2 saturated heterocycles. The van der Waals surface area contributed by atoms with E-state index in [0.717, 1.165) is 18.5 Å². The number of carbonyl (C=O) groups is 2. The van der Waals surface area contributed by atoms with Gasteiger partial charge in [0.25, 0.3) is 5.91 Å². The molecule has 142 valence electrons. The first-order valence-electron chi connectivity index (χ1n) is 9.56. The van der Waals surface area contributed by atoms with Gasteiger partial charge in [-0.05, 0) is 44.7 Å². The molecule has 7 heteroatoms. The predicted octanol–water partition coefficient (Wildman–Crippen LogP) is 2.60. The van der Waals surface area contributed by atoms with Crippen molar-refractivity contribution >= 4 is 11.9 Å². The molecular weight excluding hydrogens is 344 g/mol. The molecule has 1 amide bonds. The normalized spacial score (nSPS) is 26.4. The lowest BCUT2D eigenvalue weighted by atomic mass is 9.72. The zero-order chi connectivity index (χ0) is 19.0. The van der Waals surface area contributed by atoms with Crippen LogP contribution < -0.4 is 0 Å². The minimum Gasteiger partial charge on any atom is -0.466 e. The van der Waals surface area contributed by atoms with Crippen LogP contribution in [0.5, 0.6) is 0 Å². The van der Waals surface area contributed by atoms with Crippen LogP contribution in [0.4, 0.5) is 0 Å². The fraction of sp³-hybridized carbons (Fsp3) is 0.500. The van der Waals surface area contributed by atoms with Crippen molar-refractivity contribution in [2.45, 2.75) is 51.6 Å². The second-order valence-corrected chi connectivity index (χ2v) is 7.28. The van der Waals surface area contributed by atoms with Crippen molar-refractivity contribution < 1.29 is 14.3 Å². The van der Waals surface area contributed by atoms with Gasteiger partial charge < -0.3 is 9.64 Å². The Morgan fingerprint density at radius 1 is 1.19 bits per heavy atom. The van der Waals surface area contributed by atoms with Gasteiger partial charge in [-0.1, -0.05) is 19.1 Å². The largest absolute Gasteiger partial charge is 0.466 e. The summed E-state index contributed by atoms with van der Waals surface area (Å²) in [5.74, 6) is -0.198. The summed E-state index contributed by atoms with van der Waals surface area (Å²) in [6.07, 6.45) is 6.32. The van der Waals surface area contributed by atoms with E-state index in [4.69, 9.17) is 4.74 Å². The van der Waals surface area contributed by atoms with Crippen LogP contribution in [0.15, 0.2) is 36.9 Å². The van der Waals surface area contributed by atoms with Crippen LogP contribution in [0, 0.1) is 5.41 Å². The van der Waals surface area contributed by atoms with Crippen LogP contribution in [0.2, 0.25) is 0 Å². The highest BCUT2D eigenvalue weighted by Crippen LogP contribution is 2.53. The minimum atomic E-state index is -0.583. The van der Waals surface area contributed by atoms with Crippen LogP contribution in [-0.2, 0) is 9.53 Å².